The maximum atomic E-state index is 14.0. The third kappa shape index (κ3) is 37.7. The number of aliphatic hydroxyl groups excluding tert-OH is 2. The Morgan fingerprint density at radius 2 is 0.771 bits per heavy atom. The second-order valence-corrected chi connectivity index (χ2v) is 26.1. The number of rotatable bonds is 52. The summed E-state index contributed by atoms with van der Waals surface area (Å²) in [5, 5.41) is 72.3. The third-order valence-corrected chi connectivity index (χ3v) is 15.8. The molecule has 17 amide bonds. The number of nitrogens with two attached hydrogens (primary N) is 5. The lowest BCUT2D eigenvalue weighted by Crippen LogP contribution is -2.62. The summed E-state index contributed by atoms with van der Waals surface area (Å²) in [7, 11) is 0. The SMILES string of the molecule is CC[C@H](C)[C@H](NC(=O)[C@H](CC(C)C)NC(=O)CNC(=O)[C@@H](NC(=O)[C@H](CO)NC(=O)[C@@H](NC(=O)[C@@H](NC(=O)CNC(=O)[C@H](C)NC(=O)[C@H](CCCCN)NC(=O)[C@H](CCC(=O)O)NC(=O)[C@H](CCC(=O)O)NC(=O)[C@H](CCC(N)=O)NC(=O)CNC(=O)[C@@H](N)CC(N)=O)C(C)C)C(C)C)[C@@H](C)O)C(N)=O. The molecule has 0 aliphatic rings. The predicted molar refractivity (Wildman–Crippen MR) is 369 cm³/mol. The minimum atomic E-state index is -1.86. The van der Waals surface area contributed by atoms with Crippen LogP contribution in [0.4, 0.5) is 0 Å². The molecule has 42 nitrogen and oxygen atoms in total. The number of carbonyl (C=O) groups excluding carboxylic acids is 17. The van der Waals surface area contributed by atoms with E-state index in [1.54, 1.807) is 27.7 Å². The van der Waals surface area contributed by atoms with Crippen molar-refractivity contribution in [3.63, 3.8) is 0 Å². The van der Waals surface area contributed by atoms with Gasteiger partial charge in [0, 0.05) is 19.3 Å². The van der Waals surface area contributed by atoms with Gasteiger partial charge >= 0.3 is 11.9 Å². The number of nitrogens with one attached hydrogen (secondary N) is 14. The molecule has 0 aliphatic heterocycles. The Morgan fingerprint density at radius 1 is 0.390 bits per heavy atom. The zero-order valence-corrected chi connectivity index (χ0v) is 60.8. The molecule has 0 bridgehead atoms. The van der Waals surface area contributed by atoms with Gasteiger partial charge in [-0.3, -0.25) is 91.1 Å². The number of carboxylic acid groups (broad SMARTS) is 2. The number of aliphatic carboxylic acids is 2. The maximum absolute atomic E-state index is 14.0. The highest BCUT2D eigenvalue weighted by Crippen LogP contribution is 2.13. The fraction of sp³-hybridized carbons (Fsp3) is 0.698. The van der Waals surface area contributed by atoms with E-state index in [4.69, 9.17) is 28.7 Å². The molecule has 0 unspecified atom stereocenters. The quantitative estimate of drug-likeness (QED) is 0.0252. The molecule has 14 atom stereocenters. The fourth-order valence-corrected chi connectivity index (χ4v) is 9.62. The number of hydrogen-bond donors (Lipinski definition) is 23. The average molecular weight is 1500 g/mol. The van der Waals surface area contributed by atoms with E-state index in [1.807, 2.05) is 0 Å². The number of carbonyl (C=O) groups is 19. The molecule has 594 valence electrons. The Labute approximate surface area is 606 Å². The van der Waals surface area contributed by atoms with Crippen LogP contribution < -0.4 is 103 Å². The number of amides is 17. The van der Waals surface area contributed by atoms with Crippen LogP contribution in [0.2, 0.25) is 0 Å². The number of primary amides is 3. The van der Waals surface area contributed by atoms with Crippen LogP contribution in [0, 0.1) is 23.7 Å². The summed E-state index contributed by atoms with van der Waals surface area (Å²) < 4.78 is 0. The molecule has 0 rings (SSSR count). The molecule has 0 radical (unpaired) electrons. The lowest BCUT2D eigenvalue weighted by Gasteiger charge is -2.29. The summed E-state index contributed by atoms with van der Waals surface area (Å²) in [5.41, 5.74) is 27.0. The van der Waals surface area contributed by atoms with Gasteiger partial charge in [-0.25, -0.2) is 0 Å². The van der Waals surface area contributed by atoms with Crippen LogP contribution in [-0.4, -0.2) is 244 Å². The summed E-state index contributed by atoms with van der Waals surface area (Å²) in [5.74, 6) is -22.1. The number of unbranched alkanes of at least 4 members (excludes halogenated alkanes) is 1. The van der Waals surface area contributed by atoms with Gasteiger partial charge in [0.15, 0.2) is 0 Å². The molecule has 0 aromatic rings. The summed E-state index contributed by atoms with van der Waals surface area (Å²) in [6.45, 7) is 12.0. The van der Waals surface area contributed by atoms with Gasteiger partial charge in [-0.15, -0.1) is 0 Å². The molecule has 0 spiro atoms. The minimum absolute atomic E-state index is 0.110. The molecule has 0 aromatic heterocycles. The fourth-order valence-electron chi connectivity index (χ4n) is 9.62. The summed E-state index contributed by atoms with van der Waals surface area (Å²) in [6, 6.07) is -18.6. The van der Waals surface area contributed by atoms with Crippen LogP contribution in [0.15, 0.2) is 0 Å². The van der Waals surface area contributed by atoms with Gasteiger partial charge in [0.25, 0.3) is 0 Å². The first-order valence-corrected chi connectivity index (χ1v) is 34.1. The highest BCUT2D eigenvalue weighted by atomic mass is 16.4. The van der Waals surface area contributed by atoms with Crippen LogP contribution in [0.5, 0.6) is 0 Å². The number of carboxylic acids is 2. The van der Waals surface area contributed by atoms with E-state index in [0.29, 0.717) is 6.42 Å². The van der Waals surface area contributed by atoms with E-state index in [-0.39, 0.29) is 44.1 Å². The lowest BCUT2D eigenvalue weighted by molar-refractivity contribution is -0.140. The minimum Gasteiger partial charge on any atom is -0.481 e. The highest BCUT2D eigenvalue weighted by Gasteiger charge is 2.38. The van der Waals surface area contributed by atoms with Crippen LogP contribution in [0.25, 0.3) is 0 Å². The van der Waals surface area contributed by atoms with Crippen molar-refractivity contribution in [3.8, 4) is 0 Å². The van der Waals surface area contributed by atoms with E-state index in [1.165, 1.54) is 34.6 Å². The molecule has 0 heterocycles. The van der Waals surface area contributed by atoms with E-state index in [0.717, 1.165) is 6.92 Å². The maximum Gasteiger partial charge on any atom is 0.303 e. The van der Waals surface area contributed by atoms with E-state index in [9.17, 15) is 112 Å². The van der Waals surface area contributed by atoms with Crippen molar-refractivity contribution in [2.45, 2.75) is 225 Å². The van der Waals surface area contributed by atoms with Crippen LogP contribution in [0.1, 0.15) is 146 Å². The van der Waals surface area contributed by atoms with Crippen molar-refractivity contribution in [3.05, 3.63) is 0 Å². The first-order chi connectivity index (χ1) is 48.9. The first kappa shape index (κ1) is 94.8. The standard InChI is InChI=1S/C63H109N19O23/c1-11-31(8)50(52(68)94)81-59(101)39(22-28(2)3)74-44(88)25-71-61(103)51(33(10)84)82-60(102)40(27-83)78-62(104)49(30(6)7)80-63(105)48(29(4)5)79-45(89)26-69-53(95)32(9)72-55(97)35(14-12-13-21-64)75-57(99)37(16-19-46(90)91)77-58(100)38(17-20-47(92)93)76-56(98)36(15-18-41(66)85)73-43(87)24-70-54(96)34(65)23-42(67)86/h28-40,48-51,83-84H,11-27,64-65H2,1-10H3,(H2,66,85)(H2,67,86)(H2,68,94)(H,69,95)(H,70,96)(H,71,103)(H,72,97)(H,73,87)(H,74,88)(H,75,99)(H,76,98)(H,77,100)(H,78,104)(H,79,89)(H,80,105)(H,81,101)(H,82,102)(H,90,91)(H,92,93)/t31-,32-,33+,34-,35-,36-,37-,38-,39-,40-,48-,49-,50-,51-/m0/s1. The van der Waals surface area contributed by atoms with E-state index >= 15 is 0 Å². The number of hydrogen-bond acceptors (Lipinski definition) is 23. The van der Waals surface area contributed by atoms with Gasteiger partial charge < -0.3 is 124 Å². The van der Waals surface area contributed by atoms with Gasteiger partial charge in [-0.05, 0) is 89.0 Å². The number of aliphatic hydroxyl groups is 2. The average Bonchev–Trinajstić information content (AvgIpc) is 0.880. The molecule has 0 aliphatic carbocycles. The topological polar surface area (TPSA) is 704 Å². The largest absolute Gasteiger partial charge is 0.481 e. The Morgan fingerprint density at radius 3 is 1.20 bits per heavy atom. The summed E-state index contributed by atoms with van der Waals surface area (Å²) >= 11 is 0. The second kappa shape index (κ2) is 48.7. The van der Waals surface area contributed by atoms with Gasteiger partial charge in [0.2, 0.25) is 100 Å². The van der Waals surface area contributed by atoms with Gasteiger partial charge in [-0.2, -0.15) is 0 Å². The molecular weight excluding hydrogens is 1390 g/mol. The van der Waals surface area contributed by atoms with Crippen molar-refractivity contribution in [1.82, 2.24) is 74.4 Å². The van der Waals surface area contributed by atoms with Crippen molar-refractivity contribution in [1.29, 1.82) is 0 Å². The zero-order chi connectivity index (χ0) is 80.7. The van der Waals surface area contributed by atoms with E-state index in [2.05, 4.69) is 74.4 Å². The predicted octanol–water partition coefficient (Wildman–Crippen LogP) is -9.72. The second-order valence-electron chi connectivity index (χ2n) is 26.1. The Hall–Kier alpha value is -10.2. The molecule has 0 saturated carbocycles. The molecule has 105 heavy (non-hydrogen) atoms. The third-order valence-electron chi connectivity index (χ3n) is 15.8. The molecule has 0 fully saturated rings. The van der Waals surface area contributed by atoms with Gasteiger partial charge in [0.1, 0.15) is 66.5 Å². The molecule has 0 aromatic carbocycles. The monoisotopic (exact) mass is 1500 g/mol. The lowest BCUT2D eigenvalue weighted by atomic mass is 9.97. The van der Waals surface area contributed by atoms with Crippen LogP contribution in [-0.2, 0) is 91.1 Å². The van der Waals surface area contributed by atoms with Crippen molar-refractivity contribution < 1.29 is 112 Å². The molecule has 0 saturated heterocycles. The van der Waals surface area contributed by atoms with Crippen LogP contribution >= 0.6 is 0 Å². The molecule has 28 N–H and O–H groups in total. The van der Waals surface area contributed by atoms with Crippen molar-refractivity contribution in [2.75, 3.05) is 32.8 Å². The first-order valence-electron chi connectivity index (χ1n) is 34.1. The summed E-state index contributed by atoms with van der Waals surface area (Å²) in [6.07, 6.45) is -5.34. The van der Waals surface area contributed by atoms with Crippen LogP contribution in [0.3, 0.4) is 0 Å². The van der Waals surface area contributed by atoms with Gasteiger partial charge in [0.05, 0.1) is 44.8 Å². The van der Waals surface area contributed by atoms with E-state index < -0.39 is 274 Å². The van der Waals surface area contributed by atoms with Crippen molar-refractivity contribution in [2.24, 2.45) is 52.3 Å². The van der Waals surface area contributed by atoms with Crippen molar-refractivity contribution >= 4 is 112 Å². The Kier molecular flexibility index (Phi) is 43.9. The normalized spacial score (nSPS) is 15.1. The smallest absolute Gasteiger partial charge is 0.303 e. The molecular formula is C63H109N19O23. The van der Waals surface area contributed by atoms with Gasteiger partial charge in [-0.1, -0.05) is 61.8 Å². The Bertz CT molecular complexity index is 3040. The summed E-state index contributed by atoms with van der Waals surface area (Å²) in [4.78, 5) is 246. The Balaban J connectivity index is 6.28. The highest BCUT2D eigenvalue weighted by molar-refractivity contribution is 6.00. The molecule has 42 heteroatoms. The zero-order valence-electron chi connectivity index (χ0n) is 60.8.